The fraction of sp³-hybridized carbons (Fsp3) is 0.300. The zero-order chi connectivity index (χ0) is 11.5. The van der Waals surface area contributed by atoms with Crippen LogP contribution in [0.2, 0.25) is 0 Å². The summed E-state index contributed by atoms with van der Waals surface area (Å²) >= 11 is 5.75. The number of ether oxygens (including phenoxy) is 1. The molecule has 0 fully saturated rings. The molecule has 0 unspecified atom stereocenters. The summed E-state index contributed by atoms with van der Waals surface area (Å²) in [4.78, 5) is 0. The van der Waals surface area contributed by atoms with Crippen LogP contribution in [0.4, 0.5) is 0 Å². The van der Waals surface area contributed by atoms with Gasteiger partial charge in [0.2, 0.25) is 0 Å². The maximum absolute atomic E-state index is 5.75. The van der Waals surface area contributed by atoms with Crippen molar-refractivity contribution in [2.45, 2.75) is 12.8 Å². The number of hydrogen-bond acceptors (Lipinski definition) is 4. The highest BCUT2D eigenvalue weighted by Gasteiger charge is 2.11. The van der Waals surface area contributed by atoms with Gasteiger partial charge in [0.25, 0.3) is 0 Å². The Labute approximate surface area is 98.0 Å². The lowest BCUT2D eigenvalue weighted by molar-refractivity contribution is 0.411. The largest absolute Gasteiger partial charge is 0.494 e. The van der Waals surface area contributed by atoms with Crippen molar-refractivity contribution in [2.24, 2.45) is 0 Å². The van der Waals surface area contributed by atoms with Crippen molar-refractivity contribution in [3.63, 3.8) is 0 Å². The van der Waals surface area contributed by atoms with Crippen LogP contribution in [0.1, 0.15) is 11.4 Å². The van der Waals surface area contributed by atoms with Crippen LogP contribution in [-0.2, 0) is 5.88 Å². The Morgan fingerprint density at radius 1 is 1.44 bits per heavy atom. The first-order chi connectivity index (χ1) is 7.76. The van der Waals surface area contributed by atoms with Gasteiger partial charge in [-0.25, -0.2) is 0 Å². The van der Waals surface area contributed by atoms with E-state index in [-0.39, 0.29) is 5.88 Å². The van der Waals surface area contributed by atoms with Gasteiger partial charge in [-0.05, 0) is 35.0 Å². The molecule has 0 amide bonds. The lowest BCUT2D eigenvalue weighted by atomic mass is 10.2. The van der Waals surface area contributed by atoms with E-state index in [4.69, 9.17) is 16.3 Å². The second-order valence-corrected chi connectivity index (χ2v) is 3.58. The molecule has 6 heteroatoms. The van der Waals surface area contributed by atoms with Gasteiger partial charge in [-0.1, -0.05) is 6.07 Å². The molecule has 0 N–H and O–H groups in total. The van der Waals surface area contributed by atoms with E-state index in [0.29, 0.717) is 11.6 Å². The van der Waals surface area contributed by atoms with Gasteiger partial charge in [-0.15, -0.1) is 16.7 Å². The molecule has 0 atom stereocenters. The number of halogens is 1. The third-order valence-corrected chi connectivity index (χ3v) is 2.46. The summed E-state index contributed by atoms with van der Waals surface area (Å²) in [5.41, 5.74) is 1.90. The molecule has 5 nitrogen and oxygen atoms in total. The van der Waals surface area contributed by atoms with E-state index in [2.05, 4.69) is 15.5 Å². The highest BCUT2D eigenvalue weighted by molar-refractivity contribution is 6.16. The topological polar surface area (TPSA) is 52.8 Å². The van der Waals surface area contributed by atoms with Crippen molar-refractivity contribution in [3.8, 4) is 11.4 Å². The monoisotopic (exact) mass is 238 g/mol. The maximum Gasteiger partial charge on any atom is 0.171 e. The second kappa shape index (κ2) is 4.49. The number of alkyl halides is 1. The van der Waals surface area contributed by atoms with Crippen LogP contribution in [0.25, 0.3) is 5.69 Å². The van der Waals surface area contributed by atoms with Gasteiger partial charge in [0.1, 0.15) is 11.4 Å². The molecule has 2 rings (SSSR count). The van der Waals surface area contributed by atoms with E-state index in [1.54, 1.807) is 11.8 Å². The van der Waals surface area contributed by atoms with Crippen molar-refractivity contribution < 1.29 is 4.74 Å². The second-order valence-electron chi connectivity index (χ2n) is 3.32. The van der Waals surface area contributed by atoms with Gasteiger partial charge >= 0.3 is 0 Å². The summed E-state index contributed by atoms with van der Waals surface area (Å²) in [6.07, 6.45) is 0. The molecule has 0 aliphatic rings. The Morgan fingerprint density at radius 2 is 2.25 bits per heavy atom. The average molecular weight is 239 g/mol. The molecule has 0 bridgehead atoms. The highest BCUT2D eigenvalue weighted by atomic mass is 35.5. The Morgan fingerprint density at radius 3 is 2.94 bits per heavy atom. The first kappa shape index (κ1) is 10.9. The van der Waals surface area contributed by atoms with E-state index in [1.807, 2.05) is 25.1 Å². The molecule has 16 heavy (non-hydrogen) atoms. The summed E-state index contributed by atoms with van der Waals surface area (Å²) in [5.74, 6) is 1.55. The minimum Gasteiger partial charge on any atom is -0.494 e. The number of hydrogen-bond donors (Lipinski definition) is 0. The van der Waals surface area contributed by atoms with Crippen LogP contribution < -0.4 is 4.74 Å². The molecule has 0 spiro atoms. The zero-order valence-electron chi connectivity index (χ0n) is 9.01. The van der Waals surface area contributed by atoms with E-state index >= 15 is 0 Å². The lowest BCUT2D eigenvalue weighted by Gasteiger charge is -2.09. The molecule has 1 aromatic carbocycles. The first-order valence-corrected chi connectivity index (χ1v) is 5.28. The number of aromatic nitrogens is 4. The smallest absolute Gasteiger partial charge is 0.171 e. The van der Waals surface area contributed by atoms with Crippen LogP contribution in [0, 0.1) is 6.92 Å². The Kier molecular flexibility index (Phi) is 3.05. The van der Waals surface area contributed by atoms with Crippen molar-refractivity contribution >= 4 is 11.6 Å². The molecular weight excluding hydrogens is 228 g/mol. The van der Waals surface area contributed by atoms with Crippen molar-refractivity contribution in [1.82, 2.24) is 20.2 Å². The van der Waals surface area contributed by atoms with Gasteiger partial charge in [-0.2, -0.15) is 4.68 Å². The summed E-state index contributed by atoms with van der Waals surface area (Å²) in [6.45, 7) is 1.99. The van der Waals surface area contributed by atoms with E-state index in [0.717, 1.165) is 11.3 Å². The molecule has 84 valence electrons. The molecule has 1 heterocycles. The number of methoxy groups -OCH3 is 1. The lowest BCUT2D eigenvalue weighted by Crippen LogP contribution is -2.04. The average Bonchev–Trinajstić information content (AvgIpc) is 2.76. The maximum atomic E-state index is 5.75. The van der Waals surface area contributed by atoms with E-state index in [1.165, 1.54) is 0 Å². The molecule has 1 aromatic heterocycles. The zero-order valence-corrected chi connectivity index (χ0v) is 9.77. The Balaban J connectivity index is 2.58. The van der Waals surface area contributed by atoms with Crippen molar-refractivity contribution in [1.29, 1.82) is 0 Å². The summed E-state index contributed by atoms with van der Waals surface area (Å²) < 4.78 is 6.85. The third-order valence-electron chi connectivity index (χ3n) is 2.22. The molecule has 2 aromatic rings. The molecule has 0 saturated carbocycles. The highest BCUT2D eigenvalue weighted by Crippen LogP contribution is 2.24. The normalized spacial score (nSPS) is 10.4. The Bertz CT molecular complexity index is 497. The fourth-order valence-corrected chi connectivity index (χ4v) is 1.61. The van der Waals surface area contributed by atoms with Crippen LogP contribution in [0.5, 0.6) is 5.75 Å². The molecule has 0 aliphatic heterocycles. The van der Waals surface area contributed by atoms with Crippen LogP contribution in [0.15, 0.2) is 18.2 Å². The number of tetrazole rings is 1. The van der Waals surface area contributed by atoms with Crippen LogP contribution in [-0.4, -0.2) is 27.3 Å². The molecule has 0 radical (unpaired) electrons. The van der Waals surface area contributed by atoms with Gasteiger partial charge in [0.05, 0.1) is 13.0 Å². The number of benzene rings is 1. The van der Waals surface area contributed by atoms with Crippen LogP contribution in [0.3, 0.4) is 0 Å². The van der Waals surface area contributed by atoms with Gasteiger partial charge in [-0.3, -0.25) is 0 Å². The molecule has 0 aliphatic carbocycles. The standard InChI is InChI=1S/C10H11ClN4O/c1-7-3-4-9(16-2)8(5-7)15-10(6-11)12-13-14-15/h3-5H,6H2,1-2H3. The minimum atomic E-state index is 0.254. The van der Waals surface area contributed by atoms with Gasteiger partial charge in [0, 0.05) is 0 Å². The van der Waals surface area contributed by atoms with E-state index < -0.39 is 0 Å². The SMILES string of the molecule is COc1ccc(C)cc1-n1nnnc1CCl. The first-order valence-electron chi connectivity index (χ1n) is 4.74. The van der Waals surface area contributed by atoms with E-state index in [9.17, 15) is 0 Å². The third kappa shape index (κ3) is 1.86. The summed E-state index contributed by atoms with van der Waals surface area (Å²) in [5, 5.41) is 11.3. The number of aryl methyl sites for hydroxylation is 1. The van der Waals surface area contributed by atoms with Gasteiger partial charge in [0.15, 0.2) is 5.82 Å². The Hall–Kier alpha value is -1.62. The van der Waals surface area contributed by atoms with Crippen molar-refractivity contribution in [2.75, 3.05) is 7.11 Å². The summed E-state index contributed by atoms with van der Waals surface area (Å²) in [6, 6.07) is 5.79. The van der Waals surface area contributed by atoms with Crippen molar-refractivity contribution in [3.05, 3.63) is 29.6 Å². The minimum absolute atomic E-state index is 0.254. The molecular formula is C10H11ClN4O. The predicted molar refractivity (Wildman–Crippen MR) is 60.0 cm³/mol. The quantitative estimate of drug-likeness (QED) is 0.764. The molecule has 0 saturated heterocycles. The summed E-state index contributed by atoms with van der Waals surface area (Å²) in [7, 11) is 1.61. The number of nitrogens with zero attached hydrogens (tertiary/aromatic N) is 4. The predicted octanol–water partition coefficient (Wildman–Crippen LogP) is 1.72. The number of rotatable bonds is 3. The van der Waals surface area contributed by atoms with Gasteiger partial charge < -0.3 is 4.74 Å². The van der Waals surface area contributed by atoms with Crippen LogP contribution >= 0.6 is 11.6 Å². The fourth-order valence-electron chi connectivity index (χ4n) is 1.44.